The molecule has 2 aromatic heterocycles. The number of nitrogens with zero attached hydrogens (tertiary/aromatic N) is 3. The number of thiocarbonyl (C=S) groups is 1. The fourth-order valence-corrected chi connectivity index (χ4v) is 3.58. The summed E-state index contributed by atoms with van der Waals surface area (Å²) < 4.78 is 0.462. The van der Waals surface area contributed by atoms with Gasteiger partial charge in [0.05, 0.1) is 33.0 Å². The van der Waals surface area contributed by atoms with Crippen molar-refractivity contribution >= 4 is 51.3 Å². The maximum Gasteiger partial charge on any atom is 0.263 e. The van der Waals surface area contributed by atoms with Gasteiger partial charge in [-0.3, -0.25) is 4.79 Å². The topological polar surface area (TPSA) is 67.8 Å². The molecule has 1 aromatic carbocycles. The second kappa shape index (κ2) is 6.34. The minimum Gasteiger partial charge on any atom is -0.307 e. The molecule has 0 aliphatic carbocycles. The Balaban J connectivity index is 1.77. The van der Waals surface area contributed by atoms with E-state index >= 15 is 0 Å². The average Bonchev–Trinajstić information content (AvgIpc) is 2.91. The minimum atomic E-state index is -0.191. The third-order valence-corrected chi connectivity index (χ3v) is 4.84. The first-order chi connectivity index (χ1) is 12.1. The van der Waals surface area contributed by atoms with E-state index in [-0.39, 0.29) is 5.91 Å². The molecular weight excluding hydrogens is 352 g/mol. The fourth-order valence-electron chi connectivity index (χ4n) is 2.55. The Morgan fingerprint density at radius 1 is 1.04 bits per heavy atom. The fraction of sp³-hybridized carbons (Fsp3) is 0.0556. The summed E-state index contributed by atoms with van der Waals surface area (Å²) in [7, 11) is 0. The van der Waals surface area contributed by atoms with E-state index < -0.39 is 0 Å². The molecular formula is C18H12N4OS2. The number of carbonyl (C=O) groups excluding carboxylic acids is 1. The zero-order chi connectivity index (χ0) is 17.4. The standard InChI is InChI=1S/C18H12N4OS2/c1-10-16(21-13-7-3-2-6-12(13)19-10)14-8-4-5-11(20-14)9-15-17(23)22-18(24)25-15/h2-9H,1H3,(H,22,23,24). The lowest BCUT2D eigenvalue weighted by atomic mass is 10.2. The Morgan fingerprint density at radius 3 is 2.52 bits per heavy atom. The number of aryl methyl sites for hydroxylation is 1. The van der Waals surface area contributed by atoms with Crippen molar-refractivity contribution in [3.63, 3.8) is 0 Å². The SMILES string of the molecule is Cc1nc2ccccc2nc1-c1cccc(C=C2SC(=S)NC2=O)n1. The number of para-hydroxylation sites is 2. The summed E-state index contributed by atoms with van der Waals surface area (Å²) in [5.74, 6) is -0.191. The molecule has 0 atom stereocenters. The predicted octanol–water partition coefficient (Wildman–Crippen LogP) is 3.49. The number of amides is 1. The lowest BCUT2D eigenvalue weighted by molar-refractivity contribution is -0.115. The van der Waals surface area contributed by atoms with Gasteiger partial charge >= 0.3 is 0 Å². The molecule has 4 rings (SSSR count). The van der Waals surface area contributed by atoms with Gasteiger partial charge in [-0.2, -0.15) is 0 Å². The highest BCUT2D eigenvalue weighted by Crippen LogP contribution is 2.26. The van der Waals surface area contributed by atoms with Crippen LogP contribution in [0.5, 0.6) is 0 Å². The van der Waals surface area contributed by atoms with Gasteiger partial charge in [-0.05, 0) is 37.3 Å². The van der Waals surface area contributed by atoms with Gasteiger partial charge in [0.15, 0.2) is 0 Å². The van der Waals surface area contributed by atoms with Crippen molar-refractivity contribution in [3.05, 3.63) is 58.8 Å². The summed E-state index contributed by atoms with van der Waals surface area (Å²) >= 11 is 6.24. The van der Waals surface area contributed by atoms with Crippen LogP contribution in [0.15, 0.2) is 47.4 Å². The van der Waals surface area contributed by atoms with Gasteiger partial charge in [0.2, 0.25) is 0 Å². The quantitative estimate of drug-likeness (QED) is 0.555. The highest BCUT2D eigenvalue weighted by molar-refractivity contribution is 8.26. The van der Waals surface area contributed by atoms with E-state index in [2.05, 4.69) is 15.3 Å². The van der Waals surface area contributed by atoms with Crippen LogP contribution in [0, 0.1) is 6.92 Å². The van der Waals surface area contributed by atoms with E-state index in [1.807, 2.05) is 49.4 Å². The van der Waals surface area contributed by atoms with Crippen LogP contribution in [0.4, 0.5) is 0 Å². The predicted molar refractivity (Wildman–Crippen MR) is 104 cm³/mol. The molecule has 0 saturated carbocycles. The molecule has 0 radical (unpaired) electrons. The summed E-state index contributed by atoms with van der Waals surface area (Å²) in [4.78, 5) is 26.3. The highest BCUT2D eigenvalue weighted by atomic mass is 32.2. The van der Waals surface area contributed by atoms with Crippen molar-refractivity contribution in [2.45, 2.75) is 6.92 Å². The van der Waals surface area contributed by atoms with Gasteiger partial charge in [0.25, 0.3) is 5.91 Å². The van der Waals surface area contributed by atoms with Crippen molar-refractivity contribution in [1.82, 2.24) is 20.3 Å². The number of rotatable bonds is 2. The molecule has 25 heavy (non-hydrogen) atoms. The summed E-state index contributed by atoms with van der Waals surface area (Å²) in [5.41, 5.74) is 4.62. The Bertz CT molecular complexity index is 1060. The first kappa shape index (κ1) is 15.9. The van der Waals surface area contributed by atoms with Gasteiger partial charge in [-0.15, -0.1) is 0 Å². The van der Waals surface area contributed by atoms with Gasteiger partial charge in [0, 0.05) is 0 Å². The molecule has 7 heteroatoms. The molecule has 1 aliphatic rings. The van der Waals surface area contributed by atoms with E-state index in [0.29, 0.717) is 14.9 Å². The molecule has 0 unspecified atom stereocenters. The van der Waals surface area contributed by atoms with Gasteiger partial charge < -0.3 is 5.32 Å². The summed E-state index contributed by atoms with van der Waals surface area (Å²) in [6.45, 7) is 1.92. The maximum absolute atomic E-state index is 11.8. The third kappa shape index (κ3) is 3.16. The van der Waals surface area contributed by atoms with E-state index in [4.69, 9.17) is 17.2 Å². The van der Waals surface area contributed by atoms with Crippen molar-refractivity contribution in [1.29, 1.82) is 0 Å². The lowest BCUT2D eigenvalue weighted by Gasteiger charge is -2.07. The monoisotopic (exact) mass is 364 g/mol. The van der Waals surface area contributed by atoms with E-state index in [9.17, 15) is 4.79 Å². The summed E-state index contributed by atoms with van der Waals surface area (Å²) in [5, 5.41) is 2.60. The number of hydrogen-bond acceptors (Lipinski definition) is 6. The van der Waals surface area contributed by atoms with E-state index in [0.717, 1.165) is 28.1 Å². The number of nitrogens with one attached hydrogen (secondary N) is 1. The van der Waals surface area contributed by atoms with Crippen LogP contribution in [-0.4, -0.2) is 25.2 Å². The molecule has 1 N–H and O–H groups in total. The van der Waals surface area contributed by atoms with Crippen LogP contribution in [-0.2, 0) is 4.79 Å². The molecule has 0 bridgehead atoms. The third-order valence-electron chi connectivity index (χ3n) is 3.68. The number of carbonyl (C=O) groups is 1. The molecule has 1 fully saturated rings. The van der Waals surface area contributed by atoms with Crippen molar-refractivity contribution in [2.75, 3.05) is 0 Å². The smallest absolute Gasteiger partial charge is 0.263 e. The number of aromatic nitrogens is 3. The normalized spacial score (nSPS) is 15.8. The van der Waals surface area contributed by atoms with Gasteiger partial charge in [-0.25, -0.2) is 15.0 Å². The maximum atomic E-state index is 11.8. The van der Waals surface area contributed by atoms with Gasteiger partial charge in [-0.1, -0.05) is 42.2 Å². The Labute approximate surface area is 153 Å². The van der Waals surface area contributed by atoms with Crippen LogP contribution < -0.4 is 5.32 Å². The molecule has 5 nitrogen and oxygen atoms in total. The van der Waals surface area contributed by atoms with Crippen LogP contribution >= 0.6 is 24.0 Å². The number of thioether (sulfide) groups is 1. The average molecular weight is 364 g/mol. The molecule has 3 heterocycles. The van der Waals surface area contributed by atoms with Crippen LogP contribution in [0.3, 0.4) is 0 Å². The Hall–Kier alpha value is -2.64. The lowest BCUT2D eigenvalue weighted by Crippen LogP contribution is -2.17. The minimum absolute atomic E-state index is 0.191. The first-order valence-electron chi connectivity index (χ1n) is 7.56. The summed E-state index contributed by atoms with van der Waals surface area (Å²) in [6.07, 6.45) is 1.73. The molecule has 1 amide bonds. The number of pyridine rings is 1. The Morgan fingerprint density at radius 2 is 1.80 bits per heavy atom. The van der Waals surface area contributed by atoms with Crippen LogP contribution in [0.1, 0.15) is 11.4 Å². The second-order valence-electron chi connectivity index (χ2n) is 5.45. The Kier molecular flexibility index (Phi) is 4.03. The van der Waals surface area contributed by atoms with Crippen molar-refractivity contribution in [3.8, 4) is 11.4 Å². The largest absolute Gasteiger partial charge is 0.307 e. The van der Waals surface area contributed by atoms with E-state index in [1.165, 1.54) is 11.8 Å². The first-order valence-corrected chi connectivity index (χ1v) is 8.78. The molecule has 1 saturated heterocycles. The summed E-state index contributed by atoms with van der Waals surface area (Å²) in [6, 6.07) is 13.4. The van der Waals surface area contributed by atoms with Crippen LogP contribution in [0.2, 0.25) is 0 Å². The zero-order valence-electron chi connectivity index (χ0n) is 13.2. The van der Waals surface area contributed by atoms with E-state index in [1.54, 1.807) is 6.08 Å². The second-order valence-corrected chi connectivity index (χ2v) is 7.17. The number of fused-ring (bicyclic) bond motifs is 1. The molecule has 3 aromatic rings. The van der Waals surface area contributed by atoms with Gasteiger partial charge in [0.1, 0.15) is 10.0 Å². The molecule has 1 aliphatic heterocycles. The highest BCUT2D eigenvalue weighted by Gasteiger charge is 2.22. The van der Waals surface area contributed by atoms with Crippen molar-refractivity contribution < 1.29 is 4.79 Å². The zero-order valence-corrected chi connectivity index (χ0v) is 14.8. The van der Waals surface area contributed by atoms with Crippen molar-refractivity contribution in [2.24, 2.45) is 0 Å². The molecule has 0 spiro atoms. The molecule has 122 valence electrons. The van der Waals surface area contributed by atoms with Crippen LogP contribution in [0.25, 0.3) is 28.5 Å². The number of benzene rings is 1. The number of hydrogen-bond donors (Lipinski definition) is 1.